The third-order valence-electron chi connectivity index (χ3n) is 1.61. The first-order chi connectivity index (χ1) is 4.22. The number of rotatable bonds is 3. The highest BCUT2D eigenvalue weighted by molar-refractivity contribution is 5.06. The Morgan fingerprint density at radius 1 is 1.22 bits per heavy atom. The summed E-state index contributed by atoms with van der Waals surface area (Å²) >= 11 is 0. The van der Waals surface area contributed by atoms with E-state index in [9.17, 15) is 0 Å². The zero-order valence-electron chi connectivity index (χ0n) is 6.91. The zero-order valence-corrected chi connectivity index (χ0v) is 6.91. The summed E-state index contributed by atoms with van der Waals surface area (Å²) in [5.41, 5.74) is 2.79. The van der Waals surface area contributed by atoms with Crippen LogP contribution in [-0.4, -0.2) is 6.54 Å². The third kappa shape index (κ3) is 3.17. The fourth-order valence-electron chi connectivity index (χ4n) is 0.681. The number of hydrogen-bond acceptors (Lipinski definition) is 1. The van der Waals surface area contributed by atoms with Gasteiger partial charge in [0.2, 0.25) is 0 Å². The largest absolute Gasteiger partial charge is 0.389 e. The second kappa shape index (κ2) is 4.42. The maximum absolute atomic E-state index is 3.28. The molecule has 0 heterocycles. The van der Waals surface area contributed by atoms with E-state index in [0.717, 1.165) is 13.0 Å². The first-order valence-corrected chi connectivity index (χ1v) is 3.62. The molecule has 0 fully saturated rings. The molecule has 0 bridgehead atoms. The molecule has 0 saturated heterocycles. The molecule has 0 aliphatic carbocycles. The molecule has 0 aromatic heterocycles. The van der Waals surface area contributed by atoms with Crippen molar-refractivity contribution in [3.8, 4) is 0 Å². The molecular weight excluding hydrogens is 110 g/mol. The lowest BCUT2D eigenvalue weighted by Gasteiger charge is -2.05. The maximum atomic E-state index is 3.28. The molecule has 0 rings (SSSR count). The number of nitrogens with one attached hydrogen (secondary N) is 1. The summed E-state index contributed by atoms with van der Waals surface area (Å²) in [5, 5.41) is 3.28. The molecule has 0 radical (unpaired) electrons. The average molecular weight is 127 g/mol. The molecule has 1 nitrogen and oxygen atoms in total. The molecule has 0 aromatic carbocycles. The quantitative estimate of drug-likeness (QED) is 0.613. The Labute approximate surface area is 58.2 Å². The molecule has 0 unspecified atom stereocenters. The van der Waals surface area contributed by atoms with Gasteiger partial charge in [0, 0.05) is 12.2 Å². The van der Waals surface area contributed by atoms with Gasteiger partial charge in [-0.05, 0) is 27.2 Å². The van der Waals surface area contributed by atoms with E-state index in [1.165, 1.54) is 11.3 Å². The van der Waals surface area contributed by atoms with Crippen molar-refractivity contribution >= 4 is 0 Å². The van der Waals surface area contributed by atoms with Crippen molar-refractivity contribution in [1.82, 2.24) is 5.32 Å². The van der Waals surface area contributed by atoms with Gasteiger partial charge in [-0.2, -0.15) is 0 Å². The van der Waals surface area contributed by atoms with Crippen molar-refractivity contribution < 1.29 is 0 Å². The Morgan fingerprint density at radius 3 is 2.11 bits per heavy atom. The standard InChI is InChI=1S/C8H17N/c1-5-7(3)8(4)9-6-2/h9H,5-6H2,1-4H3/b8-7-. The summed E-state index contributed by atoms with van der Waals surface area (Å²) in [6, 6.07) is 0. The molecule has 0 aliphatic heterocycles. The zero-order chi connectivity index (χ0) is 7.28. The van der Waals surface area contributed by atoms with E-state index in [1.807, 2.05) is 0 Å². The van der Waals surface area contributed by atoms with Crippen molar-refractivity contribution in [3.63, 3.8) is 0 Å². The van der Waals surface area contributed by atoms with Gasteiger partial charge in [-0.25, -0.2) is 0 Å². The van der Waals surface area contributed by atoms with Crippen LogP contribution in [0.15, 0.2) is 11.3 Å². The Hall–Kier alpha value is -0.460. The summed E-state index contributed by atoms with van der Waals surface area (Å²) in [6.07, 6.45) is 1.15. The van der Waals surface area contributed by atoms with Crippen molar-refractivity contribution in [2.45, 2.75) is 34.1 Å². The van der Waals surface area contributed by atoms with Crippen molar-refractivity contribution in [3.05, 3.63) is 11.3 Å². The normalized spacial score (nSPS) is 12.9. The summed E-state index contributed by atoms with van der Waals surface area (Å²) in [6.45, 7) is 9.62. The smallest absolute Gasteiger partial charge is 0.0115 e. The topological polar surface area (TPSA) is 12.0 Å². The van der Waals surface area contributed by atoms with Gasteiger partial charge in [-0.15, -0.1) is 0 Å². The first kappa shape index (κ1) is 8.54. The van der Waals surface area contributed by atoms with Gasteiger partial charge in [-0.3, -0.25) is 0 Å². The van der Waals surface area contributed by atoms with Crippen LogP contribution in [0.25, 0.3) is 0 Å². The Balaban J connectivity index is 3.78. The van der Waals surface area contributed by atoms with Gasteiger partial charge < -0.3 is 5.32 Å². The predicted molar refractivity (Wildman–Crippen MR) is 42.3 cm³/mol. The average Bonchev–Trinajstić information content (AvgIpc) is 1.87. The van der Waals surface area contributed by atoms with Gasteiger partial charge >= 0.3 is 0 Å². The molecule has 0 spiro atoms. The van der Waals surface area contributed by atoms with Crippen LogP contribution in [0, 0.1) is 0 Å². The van der Waals surface area contributed by atoms with E-state index in [4.69, 9.17) is 0 Å². The van der Waals surface area contributed by atoms with Crippen LogP contribution in [-0.2, 0) is 0 Å². The van der Waals surface area contributed by atoms with Crippen LogP contribution < -0.4 is 5.32 Å². The second-order valence-electron chi connectivity index (χ2n) is 2.29. The van der Waals surface area contributed by atoms with Crippen LogP contribution in [0.4, 0.5) is 0 Å². The highest BCUT2D eigenvalue weighted by Gasteiger charge is 1.89. The lowest BCUT2D eigenvalue weighted by Crippen LogP contribution is -2.10. The van der Waals surface area contributed by atoms with Gasteiger partial charge in [-0.1, -0.05) is 12.5 Å². The Bertz CT molecular complexity index is 103. The molecule has 0 saturated carbocycles. The van der Waals surface area contributed by atoms with Gasteiger partial charge in [0.1, 0.15) is 0 Å². The van der Waals surface area contributed by atoms with Crippen molar-refractivity contribution in [2.75, 3.05) is 6.54 Å². The van der Waals surface area contributed by atoms with Gasteiger partial charge in [0.05, 0.1) is 0 Å². The van der Waals surface area contributed by atoms with Crippen LogP contribution in [0.2, 0.25) is 0 Å². The molecule has 1 N–H and O–H groups in total. The summed E-state index contributed by atoms with van der Waals surface area (Å²) in [7, 11) is 0. The second-order valence-corrected chi connectivity index (χ2v) is 2.29. The molecule has 0 aliphatic rings. The number of allylic oxidation sites excluding steroid dienone is 2. The minimum atomic E-state index is 1.03. The molecule has 0 aromatic rings. The maximum Gasteiger partial charge on any atom is 0.0115 e. The Kier molecular flexibility index (Phi) is 4.20. The van der Waals surface area contributed by atoms with Crippen molar-refractivity contribution in [1.29, 1.82) is 0 Å². The van der Waals surface area contributed by atoms with Crippen LogP contribution in [0.3, 0.4) is 0 Å². The molecule has 0 amide bonds. The lowest BCUT2D eigenvalue weighted by molar-refractivity contribution is 0.824. The molecule has 9 heavy (non-hydrogen) atoms. The van der Waals surface area contributed by atoms with E-state index in [1.54, 1.807) is 0 Å². The minimum Gasteiger partial charge on any atom is -0.389 e. The fraction of sp³-hybridized carbons (Fsp3) is 0.750. The fourth-order valence-corrected chi connectivity index (χ4v) is 0.681. The third-order valence-corrected chi connectivity index (χ3v) is 1.61. The van der Waals surface area contributed by atoms with Crippen LogP contribution in [0.1, 0.15) is 34.1 Å². The molecular formula is C8H17N. The highest BCUT2D eigenvalue weighted by Crippen LogP contribution is 2.02. The van der Waals surface area contributed by atoms with Crippen molar-refractivity contribution in [2.24, 2.45) is 0 Å². The molecule has 54 valence electrons. The molecule has 0 atom stereocenters. The summed E-state index contributed by atoms with van der Waals surface area (Å²) in [5.74, 6) is 0. The predicted octanol–water partition coefficient (Wildman–Crippen LogP) is 2.30. The highest BCUT2D eigenvalue weighted by atomic mass is 14.9. The number of hydrogen-bond donors (Lipinski definition) is 1. The van der Waals surface area contributed by atoms with E-state index in [0.29, 0.717) is 0 Å². The lowest BCUT2D eigenvalue weighted by atomic mass is 10.2. The van der Waals surface area contributed by atoms with Gasteiger partial charge in [0.25, 0.3) is 0 Å². The van der Waals surface area contributed by atoms with E-state index >= 15 is 0 Å². The van der Waals surface area contributed by atoms with Gasteiger partial charge in [0.15, 0.2) is 0 Å². The Morgan fingerprint density at radius 2 is 1.78 bits per heavy atom. The van der Waals surface area contributed by atoms with E-state index < -0.39 is 0 Å². The van der Waals surface area contributed by atoms with E-state index in [-0.39, 0.29) is 0 Å². The SMILES string of the molecule is CCN/C(C)=C(/C)CC. The molecule has 1 heteroatoms. The van der Waals surface area contributed by atoms with Crippen LogP contribution in [0.5, 0.6) is 0 Å². The summed E-state index contributed by atoms with van der Waals surface area (Å²) in [4.78, 5) is 0. The minimum absolute atomic E-state index is 1.03. The van der Waals surface area contributed by atoms with Crippen LogP contribution >= 0.6 is 0 Å². The monoisotopic (exact) mass is 127 g/mol. The summed E-state index contributed by atoms with van der Waals surface area (Å²) < 4.78 is 0. The first-order valence-electron chi connectivity index (χ1n) is 3.62. The van der Waals surface area contributed by atoms with E-state index in [2.05, 4.69) is 33.0 Å².